The summed E-state index contributed by atoms with van der Waals surface area (Å²) in [6.07, 6.45) is 1.07. The maximum Gasteiger partial charge on any atom is 0.217 e. The van der Waals surface area contributed by atoms with Gasteiger partial charge >= 0.3 is 0 Å². The summed E-state index contributed by atoms with van der Waals surface area (Å²) in [5.41, 5.74) is 5.02. The largest absolute Gasteiger partial charge is 0.384 e. The minimum atomic E-state index is -0.895. The van der Waals surface area contributed by atoms with Crippen LogP contribution in [0.25, 0.3) is 0 Å². The average Bonchev–Trinajstić information content (AvgIpc) is 2.29. The summed E-state index contributed by atoms with van der Waals surface area (Å²) >= 11 is 0. The highest BCUT2D eigenvalue weighted by molar-refractivity contribution is 5.73. The van der Waals surface area contributed by atoms with Crippen molar-refractivity contribution >= 4 is 5.91 Å². The third kappa shape index (κ3) is 4.97. The first-order chi connectivity index (χ1) is 8.02. The lowest BCUT2D eigenvalue weighted by molar-refractivity contribution is -0.118. The fourth-order valence-electron chi connectivity index (χ4n) is 1.62. The van der Waals surface area contributed by atoms with Crippen molar-refractivity contribution in [3.8, 4) is 0 Å². The monoisotopic (exact) mass is 236 g/mol. The molecule has 17 heavy (non-hydrogen) atoms. The number of rotatable bonds is 7. The number of carbonyl (C=O) groups is 1. The van der Waals surface area contributed by atoms with Crippen LogP contribution in [0.5, 0.6) is 0 Å². The molecule has 4 N–H and O–H groups in total. The number of primary amides is 1. The van der Waals surface area contributed by atoms with Crippen LogP contribution in [-0.2, 0) is 10.4 Å². The van der Waals surface area contributed by atoms with Gasteiger partial charge in [0.25, 0.3) is 0 Å². The van der Waals surface area contributed by atoms with Gasteiger partial charge in [0.1, 0.15) is 0 Å². The number of nitrogens with one attached hydrogen (secondary N) is 1. The Balaban J connectivity index is 2.33. The molecular formula is C13H20N2O2. The molecule has 4 nitrogen and oxygen atoms in total. The van der Waals surface area contributed by atoms with Crippen molar-refractivity contribution in [1.29, 1.82) is 0 Å². The molecule has 1 amide bonds. The minimum absolute atomic E-state index is 0.290. The summed E-state index contributed by atoms with van der Waals surface area (Å²) in [7, 11) is 0. The van der Waals surface area contributed by atoms with Crippen LogP contribution in [0.4, 0.5) is 0 Å². The maximum absolute atomic E-state index is 10.5. The highest BCUT2D eigenvalue weighted by atomic mass is 16.3. The van der Waals surface area contributed by atoms with Gasteiger partial charge in [0.15, 0.2) is 0 Å². The summed E-state index contributed by atoms with van der Waals surface area (Å²) < 4.78 is 0. The first-order valence-electron chi connectivity index (χ1n) is 5.79. The fourth-order valence-corrected chi connectivity index (χ4v) is 1.62. The van der Waals surface area contributed by atoms with E-state index >= 15 is 0 Å². The zero-order valence-electron chi connectivity index (χ0n) is 10.1. The number of amides is 1. The van der Waals surface area contributed by atoms with E-state index in [4.69, 9.17) is 5.73 Å². The lowest BCUT2D eigenvalue weighted by Crippen LogP contribution is -2.36. The molecule has 1 unspecified atom stereocenters. The second-order valence-electron chi connectivity index (χ2n) is 4.39. The third-order valence-corrected chi connectivity index (χ3v) is 2.64. The number of hydrogen-bond donors (Lipinski definition) is 3. The van der Waals surface area contributed by atoms with Crippen molar-refractivity contribution in [2.45, 2.75) is 25.4 Å². The maximum atomic E-state index is 10.5. The van der Waals surface area contributed by atoms with Gasteiger partial charge in [0.2, 0.25) is 5.91 Å². The third-order valence-electron chi connectivity index (χ3n) is 2.64. The van der Waals surface area contributed by atoms with Gasteiger partial charge in [-0.2, -0.15) is 0 Å². The first-order valence-corrected chi connectivity index (χ1v) is 5.79. The molecule has 1 atom stereocenters. The van der Waals surface area contributed by atoms with Crippen molar-refractivity contribution < 1.29 is 9.90 Å². The second kappa shape index (κ2) is 6.37. The topological polar surface area (TPSA) is 75.3 Å². The number of carbonyl (C=O) groups excluding carboxylic acids is 1. The van der Waals surface area contributed by atoms with E-state index in [-0.39, 0.29) is 5.91 Å². The normalized spacial score (nSPS) is 14.2. The lowest BCUT2D eigenvalue weighted by Gasteiger charge is -2.24. The van der Waals surface area contributed by atoms with Gasteiger partial charge < -0.3 is 16.2 Å². The number of benzene rings is 1. The molecule has 0 saturated heterocycles. The predicted octanol–water partition coefficient (Wildman–Crippen LogP) is 0.749. The van der Waals surface area contributed by atoms with Gasteiger partial charge in [-0.3, -0.25) is 4.79 Å². The van der Waals surface area contributed by atoms with Crippen LogP contribution >= 0.6 is 0 Å². The van der Waals surface area contributed by atoms with E-state index in [1.165, 1.54) is 0 Å². The molecule has 0 bridgehead atoms. The number of nitrogens with two attached hydrogens (primary N) is 1. The standard InChI is InChI=1S/C13H20N2O2/c1-13(17,11-6-3-2-4-7-11)10-15-9-5-8-12(14)16/h2-4,6-7,15,17H,5,8-10H2,1H3,(H2,14,16). The molecule has 0 aliphatic heterocycles. The van der Waals surface area contributed by atoms with Crippen molar-refractivity contribution in [3.05, 3.63) is 35.9 Å². The molecule has 1 aromatic carbocycles. The van der Waals surface area contributed by atoms with Crippen LogP contribution in [0.3, 0.4) is 0 Å². The molecular weight excluding hydrogens is 216 g/mol. The van der Waals surface area contributed by atoms with E-state index in [1.54, 1.807) is 6.92 Å². The van der Waals surface area contributed by atoms with E-state index in [1.807, 2.05) is 30.3 Å². The Morgan fingerprint density at radius 1 is 1.41 bits per heavy atom. The number of hydrogen-bond acceptors (Lipinski definition) is 3. The molecule has 0 aromatic heterocycles. The molecule has 0 heterocycles. The van der Waals surface area contributed by atoms with Crippen LogP contribution in [0.1, 0.15) is 25.3 Å². The Kier molecular flexibility index (Phi) is 5.12. The molecule has 1 aromatic rings. The van der Waals surface area contributed by atoms with E-state index in [0.29, 0.717) is 25.9 Å². The van der Waals surface area contributed by atoms with E-state index in [2.05, 4.69) is 5.32 Å². The number of aliphatic hydroxyl groups is 1. The van der Waals surface area contributed by atoms with E-state index in [0.717, 1.165) is 5.56 Å². The molecule has 0 radical (unpaired) electrons. The zero-order valence-corrected chi connectivity index (χ0v) is 10.1. The van der Waals surface area contributed by atoms with E-state index < -0.39 is 5.60 Å². The highest BCUT2D eigenvalue weighted by Crippen LogP contribution is 2.18. The molecule has 0 aliphatic carbocycles. The zero-order chi connectivity index (χ0) is 12.7. The summed E-state index contributed by atoms with van der Waals surface area (Å²) in [4.78, 5) is 10.5. The molecule has 0 saturated carbocycles. The van der Waals surface area contributed by atoms with Crippen LogP contribution in [0, 0.1) is 0 Å². The van der Waals surface area contributed by atoms with Crippen LogP contribution in [-0.4, -0.2) is 24.1 Å². The van der Waals surface area contributed by atoms with Gasteiger partial charge in [-0.1, -0.05) is 30.3 Å². The van der Waals surface area contributed by atoms with Crippen LogP contribution in [0.15, 0.2) is 30.3 Å². The van der Waals surface area contributed by atoms with Crippen molar-refractivity contribution in [2.24, 2.45) is 5.73 Å². The van der Waals surface area contributed by atoms with Gasteiger partial charge in [0, 0.05) is 13.0 Å². The van der Waals surface area contributed by atoms with Crippen molar-refractivity contribution in [3.63, 3.8) is 0 Å². The van der Waals surface area contributed by atoms with Gasteiger partial charge in [-0.05, 0) is 25.5 Å². The summed E-state index contributed by atoms with van der Waals surface area (Å²) in [6.45, 7) is 2.89. The van der Waals surface area contributed by atoms with Gasteiger partial charge in [0.05, 0.1) is 5.60 Å². The van der Waals surface area contributed by atoms with Crippen molar-refractivity contribution in [2.75, 3.05) is 13.1 Å². The molecule has 4 heteroatoms. The van der Waals surface area contributed by atoms with Crippen LogP contribution in [0.2, 0.25) is 0 Å². The fraction of sp³-hybridized carbons (Fsp3) is 0.462. The average molecular weight is 236 g/mol. The van der Waals surface area contributed by atoms with Gasteiger partial charge in [-0.15, -0.1) is 0 Å². The summed E-state index contributed by atoms with van der Waals surface area (Å²) in [5.74, 6) is -0.290. The molecule has 0 fully saturated rings. The Morgan fingerprint density at radius 3 is 2.65 bits per heavy atom. The molecule has 0 spiro atoms. The summed E-state index contributed by atoms with van der Waals surface area (Å²) in [6, 6.07) is 9.50. The Bertz CT molecular complexity index is 350. The van der Waals surface area contributed by atoms with E-state index in [9.17, 15) is 9.90 Å². The first kappa shape index (κ1) is 13.7. The quantitative estimate of drug-likeness (QED) is 0.611. The Hall–Kier alpha value is -1.39. The summed E-state index contributed by atoms with van der Waals surface area (Å²) in [5, 5.41) is 13.4. The highest BCUT2D eigenvalue weighted by Gasteiger charge is 2.21. The second-order valence-corrected chi connectivity index (χ2v) is 4.39. The van der Waals surface area contributed by atoms with Gasteiger partial charge in [-0.25, -0.2) is 0 Å². The molecule has 94 valence electrons. The van der Waals surface area contributed by atoms with Crippen LogP contribution < -0.4 is 11.1 Å². The Labute approximate surface area is 102 Å². The molecule has 0 aliphatic rings. The van der Waals surface area contributed by atoms with Crippen molar-refractivity contribution in [1.82, 2.24) is 5.32 Å². The Morgan fingerprint density at radius 2 is 2.06 bits per heavy atom. The smallest absolute Gasteiger partial charge is 0.217 e. The lowest BCUT2D eigenvalue weighted by atomic mass is 9.96. The minimum Gasteiger partial charge on any atom is -0.384 e. The molecule has 1 rings (SSSR count). The SMILES string of the molecule is CC(O)(CNCCCC(N)=O)c1ccccc1. The predicted molar refractivity (Wildman–Crippen MR) is 67.3 cm³/mol.